The van der Waals surface area contributed by atoms with Gasteiger partial charge < -0.3 is 15.0 Å². The van der Waals surface area contributed by atoms with Crippen LogP contribution in [0.25, 0.3) is 0 Å². The largest absolute Gasteiger partial charge is 0.383 e. The second-order valence-corrected chi connectivity index (χ2v) is 5.28. The van der Waals surface area contributed by atoms with E-state index in [1.54, 1.807) is 18.4 Å². The number of ether oxygens (including phenoxy) is 1. The van der Waals surface area contributed by atoms with Gasteiger partial charge in [0, 0.05) is 44.2 Å². The standard InChI is InChI=1S/C12H19N3O2S/c1-17-8-4-14-12(16)15-6-2-10(3-7-15)11-13-5-9-18-11/h5,9-10H,2-4,6-8H2,1H3,(H,14,16). The fourth-order valence-electron chi connectivity index (χ4n) is 2.14. The van der Waals surface area contributed by atoms with Crippen LogP contribution in [0.3, 0.4) is 0 Å². The predicted octanol–water partition coefficient (Wildman–Crippen LogP) is 1.68. The molecule has 0 unspecified atom stereocenters. The van der Waals surface area contributed by atoms with Gasteiger partial charge >= 0.3 is 6.03 Å². The third kappa shape index (κ3) is 3.43. The molecule has 100 valence electrons. The van der Waals surface area contributed by atoms with E-state index in [4.69, 9.17) is 4.74 Å². The molecule has 1 aromatic rings. The van der Waals surface area contributed by atoms with Crippen molar-refractivity contribution in [3.63, 3.8) is 0 Å². The number of nitrogens with zero attached hydrogens (tertiary/aromatic N) is 2. The number of likely N-dealkylation sites (tertiary alicyclic amines) is 1. The molecular formula is C12H19N3O2S. The van der Waals surface area contributed by atoms with E-state index in [0.717, 1.165) is 25.9 Å². The van der Waals surface area contributed by atoms with E-state index in [9.17, 15) is 4.79 Å². The number of nitrogens with one attached hydrogen (secondary N) is 1. The monoisotopic (exact) mass is 269 g/mol. The minimum absolute atomic E-state index is 0.0182. The molecule has 1 aliphatic rings. The van der Waals surface area contributed by atoms with Crippen LogP contribution >= 0.6 is 11.3 Å². The van der Waals surface area contributed by atoms with Crippen LogP contribution < -0.4 is 5.32 Å². The fourth-order valence-corrected chi connectivity index (χ4v) is 2.95. The highest BCUT2D eigenvalue weighted by Gasteiger charge is 2.24. The number of aromatic nitrogens is 1. The first kappa shape index (κ1) is 13.3. The average molecular weight is 269 g/mol. The van der Waals surface area contributed by atoms with Gasteiger partial charge in [0.25, 0.3) is 0 Å². The van der Waals surface area contributed by atoms with E-state index in [-0.39, 0.29) is 6.03 Å². The minimum Gasteiger partial charge on any atom is -0.383 e. The summed E-state index contributed by atoms with van der Waals surface area (Å²) in [6.45, 7) is 2.75. The van der Waals surface area contributed by atoms with Crippen molar-refractivity contribution >= 4 is 17.4 Å². The number of carbonyl (C=O) groups is 1. The molecule has 1 fully saturated rings. The summed E-state index contributed by atoms with van der Waals surface area (Å²) >= 11 is 1.71. The lowest BCUT2D eigenvalue weighted by Gasteiger charge is -2.31. The second kappa shape index (κ2) is 6.70. The van der Waals surface area contributed by atoms with Crippen molar-refractivity contribution < 1.29 is 9.53 Å². The van der Waals surface area contributed by atoms with Gasteiger partial charge in [-0.15, -0.1) is 11.3 Å². The van der Waals surface area contributed by atoms with Gasteiger partial charge in [-0.25, -0.2) is 9.78 Å². The molecule has 0 atom stereocenters. The summed E-state index contributed by atoms with van der Waals surface area (Å²) in [4.78, 5) is 18.0. The molecule has 0 spiro atoms. The molecule has 0 aliphatic carbocycles. The van der Waals surface area contributed by atoms with E-state index in [0.29, 0.717) is 19.1 Å². The van der Waals surface area contributed by atoms with Crippen molar-refractivity contribution in [2.24, 2.45) is 0 Å². The Hall–Kier alpha value is -1.14. The molecule has 0 radical (unpaired) electrons. The number of amides is 2. The Morgan fingerprint density at radius 1 is 1.61 bits per heavy atom. The van der Waals surface area contributed by atoms with Crippen LogP contribution in [-0.4, -0.2) is 49.3 Å². The van der Waals surface area contributed by atoms with Crippen LogP contribution in [0.15, 0.2) is 11.6 Å². The number of thiazole rings is 1. The molecule has 0 saturated carbocycles. The highest BCUT2D eigenvalue weighted by atomic mass is 32.1. The SMILES string of the molecule is COCCNC(=O)N1CCC(c2nccs2)CC1. The quantitative estimate of drug-likeness (QED) is 0.846. The Morgan fingerprint density at radius 2 is 2.39 bits per heavy atom. The number of urea groups is 1. The predicted molar refractivity (Wildman–Crippen MR) is 70.9 cm³/mol. The van der Waals surface area contributed by atoms with E-state index in [1.165, 1.54) is 5.01 Å². The highest BCUT2D eigenvalue weighted by molar-refractivity contribution is 7.09. The Kier molecular flexibility index (Phi) is 4.95. The van der Waals surface area contributed by atoms with Crippen molar-refractivity contribution in [3.8, 4) is 0 Å². The summed E-state index contributed by atoms with van der Waals surface area (Å²) in [5.41, 5.74) is 0. The zero-order valence-corrected chi connectivity index (χ0v) is 11.4. The molecule has 2 amide bonds. The maximum atomic E-state index is 11.8. The van der Waals surface area contributed by atoms with Crippen LogP contribution in [0.4, 0.5) is 4.79 Å². The van der Waals surface area contributed by atoms with Crippen LogP contribution in [-0.2, 0) is 4.74 Å². The zero-order chi connectivity index (χ0) is 12.8. The fraction of sp³-hybridized carbons (Fsp3) is 0.667. The first-order valence-corrected chi connectivity index (χ1v) is 7.10. The van der Waals surface area contributed by atoms with E-state index in [2.05, 4.69) is 10.3 Å². The van der Waals surface area contributed by atoms with Crippen molar-refractivity contribution in [2.45, 2.75) is 18.8 Å². The Morgan fingerprint density at radius 3 is 3.00 bits per heavy atom. The molecule has 1 aliphatic heterocycles. The van der Waals surface area contributed by atoms with Gasteiger partial charge in [-0.05, 0) is 12.8 Å². The van der Waals surface area contributed by atoms with Gasteiger partial charge in [-0.1, -0.05) is 0 Å². The summed E-state index contributed by atoms with van der Waals surface area (Å²) in [6, 6.07) is 0.0182. The Balaban J connectivity index is 1.74. The number of hydrogen-bond acceptors (Lipinski definition) is 4. The number of carbonyl (C=O) groups excluding carboxylic acids is 1. The summed E-state index contributed by atoms with van der Waals surface area (Å²) in [5, 5.41) is 6.07. The van der Waals surface area contributed by atoms with Crippen LogP contribution in [0.5, 0.6) is 0 Å². The molecule has 2 rings (SSSR count). The first-order chi connectivity index (χ1) is 8.81. The number of rotatable bonds is 4. The minimum atomic E-state index is 0.0182. The third-order valence-electron chi connectivity index (χ3n) is 3.17. The number of piperidine rings is 1. The van der Waals surface area contributed by atoms with Crippen molar-refractivity contribution in [1.82, 2.24) is 15.2 Å². The number of methoxy groups -OCH3 is 1. The summed E-state index contributed by atoms with van der Waals surface area (Å²) in [5.74, 6) is 0.521. The van der Waals surface area contributed by atoms with Gasteiger partial charge in [-0.3, -0.25) is 0 Å². The molecule has 5 nitrogen and oxygen atoms in total. The van der Waals surface area contributed by atoms with E-state index >= 15 is 0 Å². The molecule has 1 aromatic heterocycles. The smallest absolute Gasteiger partial charge is 0.317 e. The Labute approximate surface area is 111 Å². The number of hydrogen-bond donors (Lipinski definition) is 1. The van der Waals surface area contributed by atoms with Gasteiger partial charge in [-0.2, -0.15) is 0 Å². The van der Waals surface area contributed by atoms with Crippen LogP contribution in [0.2, 0.25) is 0 Å². The zero-order valence-electron chi connectivity index (χ0n) is 10.6. The molecule has 6 heteroatoms. The lowest BCUT2D eigenvalue weighted by atomic mass is 9.98. The van der Waals surface area contributed by atoms with E-state index < -0.39 is 0 Å². The Bertz CT molecular complexity index is 361. The topological polar surface area (TPSA) is 54.5 Å². The van der Waals surface area contributed by atoms with Gasteiger partial charge in [0.2, 0.25) is 0 Å². The molecule has 0 aromatic carbocycles. The molecule has 2 heterocycles. The second-order valence-electron chi connectivity index (χ2n) is 4.36. The van der Waals surface area contributed by atoms with Gasteiger partial charge in [0.05, 0.1) is 11.6 Å². The molecule has 1 saturated heterocycles. The lowest BCUT2D eigenvalue weighted by molar-refractivity contribution is 0.169. The normalized spacial score (nSPS) is 16.8. The van der Waals surface area contributed by atoms with Gasteiger partial charge in [0.1, 0.15) is 0 Å². The maximum Gasteiger partial charge on any atom is 0.317 e. The van der Waals surface area contributed by atoms with Crippen LogP contribution in [0, 0.1) is 0 Å². The molecule has 0 bridgehead atoms. The summed E-state index contributed by atoms with van der Waals surface area (Å²) in [7, 11) is 1.63. The van der Waals surface area contributed by atoms with Crippen molar-refractivity contribution in [1.29, 1.82) is 0 Å². The molecule has 18 heavy (non-hydrogen) atoms. The summed E-state index contributed by atoms with van der Waals surface area (Å²) in [6.07, 6.45) is 3.86. The van der Waals surface area contributed by atoms with E-state index in [1.807, 2.05) is 16.5 Å². The first-order valence-electron chi connectivity index (χ1n) is 6.22. The lowest BCUT2D eigenvalue weighted by Crippen LogP contribution is -2.44. The van der Waals surface area contributed by atoms with Crippen LogP contribution in [0.1, 0.15) is 23.8 Å². The maximum absolute atomic E-state index is 11.8. The molecular weight excluding hydrogens is 250 g/mol. The third-order valence-corrected chi connectivity index (χ3v) is 4.10. The average Bonchev–Trinajstić information content (AvgIpc) is 2.93. The van der Waals surface area contributed by atoms with Gasteiger partial charge in [0.15, 0.2) is 0 Å². The molecule has 1 N–H and O–H groups in total. The van der Waals surface area contributed by atoms with Crippen molar-refractivity contribution in [3.05, 3.63) is 16.6 Å². The highest BCUT2D eigenvalue weighted by Crippen LogP contribution is 2.29. The van der Waals surface area contributed by atoms with Crippen molar-refractivity contribution in [2.75, 3.05) is 33.4 Å². The summed E-state index contributed by atoms with van der Waals surface area (Å²) < 4.78 is 4.91.